The number of carbonyl (C=O) groups excluding carboxylic acids is 1. The first-order valence-corrected chi connectivity index (χ1v) is 5.62. The van der Waals surface area contributed by atoms with Crippen LogP contribution in [0.4, 0.5) is 10.1 Å². The molecule has 2 aromatic rings. The van der Waals surface area contributed by atoms with E-state index in [1.807, 2.05) is 0 Å². The van der Waals surface area contributed by atoms with Crippen molar-refractivity contribution >= 4 is 27.5 Å². The lowest BCUT2D eigenvalue weighted by Crippen LogP contribution is -2.12. The molecular weight excluding hydrogens is 287 g/mol. The molecule has 0 aliphatic rings. The maximum absolute atomic E-state index is 12.9. The molecule has 86 valence electrons. The molecule has 0 saturated heterocycles. The Balaban J connectivity index is 2.21. The lowest BCUT2D eigenvalue weighted by atomic mass is 10.2. The fourth-order valence-corrected chi connectivity index (χ4v) is 1.84. The average molecular weight is 295 g/mol. The van der Waals surface area contributed by atoms with Crippen molar-refractivity contribution in [2.75, 3.05) is 5.32 Å². The van der Waals surface area contributed by atoms with Gasteiger partial charge >= 0.3 is 0 Å². The van der Waals surface area contributed by atoms with Crippen LogP contribution in [-0.2, 0) is 0 Å². The van der Waals surface area contributed by atoms with Crippen molar-refractivity contribution in [3.63, 3.8) is 0 Å². The third kappa shape index (κ3) is 2.88. The van der Waals surface area contributed by atoms with Gasteiger partial charge in [-0.25, -0.2) is 4.39 Å². The van der Waals surface area contributed by atoms with Crippen LogP contribution in [-0.4, -0.2) is 10.9 Å². The molecule has 17 heavy (non-hydrogen) atoms. The Kier molecular flexibility index (Phi) is 3.49. The monoisotopic (exact) mass is 294 g/mol. The molecule has 1 aromatic heterocycles. The summed E-state index contributed by atoms with van der Waals surface area (Å²) in [5.41, 5.74) is 0.962. The summed E-state index contributed by atoms with van der Waals surface area (Å²) >= 11 is 3.14. The Bertz CT molecular complexity index is 545. The molecule has 0 spiro atoms. The zero-order valence-electron chi connectivity index (χ0n) is 8.65. The molecule has 5 heteroatoms. The van der Waals surface area contributed by atoms with Crippen LogP contribution >= 0.6 is 15.9 Å². The van der Waals surface area contributed by atoms with Gasteiger partial charge < -0.3 is 5.32 Å². The summed E-state index contributed by atoms with van der Waals surface area (Å²) in [6, 6.07) is 7.35. The van der Waals surface area contributed by atoms with E-state index in [4.69, 9.17) is 0 Å². The van der Waals surface area contributed by atoms with E-state index in [0.717, 1.165) is 0 Å². The van der Waals surface area contributed by atoms with Crippen LogP contribution in [0.25, 0.3) is 0 Å². The first-order chi connectivity index (χ1) is 8.16. The molecule has 1 N–H and O–H groups in total. The van der Waals surface area contributed by atoms with Gasteiger partial charge in [0.15, 0.2) is 0 Å². The quantitative estimate of drug-likeness (QED) is 0.924. The summed E-state index contributed by atoms with van der Waals surface area (Å²) in [5, 5.41) is 2.66. The van der Waals surface area contributed by atoms with Gasteiger partial charge in [-0.15, -0.1) is 0 Å². The zero-order chi connectivity index (χ0) is 12.3. The van der Waals surface area contributed by atoms with Crippen LogP contribution in [0.15, 0.2) is 47.2 Å². The third-order valence-corrected chi connectivity index (χ3v) is 2.75. The normalized spacial score (nSPS) is 10.0. The molecule has 0 bridgehead atoms. The van der Waals surface area contributed by atoms with Crippen molar-refractivity contribution in [2.45, 2.75) is 0 Å². The Morgan fingerprint density at radius 3 is 2.82 bits per heavy atom. The molecule has 0 radical (unpaired) electrons. The smallest absolute Gasteiger partial charge is 0.256 e. The van der Waals surface area contributed by atoms with Crippen LogP contribution in [0.2, 0.25) is 0 Å². The number of amides is 1. The van der Waals surface area contributed by atoms with E-state index in [0.29, 0.717) is 15.7 Å². The number of benzene rings is 1. The number of pyridine rings is 1. The molecule has 0 atom stereocenters. The lowest BCUT2D eigenvalue weighted by molar-refractivity contribution is 0.102. The van der Waals surface area contributed by atoms with Crippen molar-refractivity contribution in [2.24, 2.45) is 0 Å². The lowest BCUT2D eigenvalue weighted by Gasteiger charge is -2.06. The van der Waals surface area contributed by atoms with Crippen molar-refractivity contribution in [1.29, 1.82) is 0 Å². The fourth-order valence-electron chi connectivity index (χ4n) is 1.31. The van der Waals surface area contributed by atoms with E-state index < -0.39 is 5.82 Å². The first kappa shape index (κ1) is 11.7. The highest BCUT2D eigenvalue weighted by atomic mass is 79.9. The van der Waals surface area contributed by atoms with Crippen LogP contribution < -0.4 is 5.32 Å². The minimum atomic E-state index is -0.394. The SMILES string of the molecule is O=C(Nc1cccnc1)c1ccc(F)cc1Br. The zero-order valence-corrected chi connectivity index (χ0v) is 10.2. The van der Waals surface area contributed by atoms with Gasteiger partial charge in [0.1, 0.15) is 5.82 Å². The molecular formula is C12H8BrFN2O. The van der Waals surface area contributed by atoms with Crippen molar-refractivity contribution < 1.29 is 9.18 Å². The van der Waals surface area contributed by atoms with Gasteiger partial charge in [0, 0.05) is 10.7 Å². The average Bonchev–Trinajstić information content (AvgIpc) is 2.30. The number of halogens is 2. The van der Waals surface area contributed by atoms with Crippen molar-refractivity contribution in [3.8, 4) is 0 Å². The topological polar surface area (TPSA) is 42.0 Å². The van der Waals surface area contributed by atoms with Gasteiger partial charge in [0.25, 0.3) is 5.91 Å². The van der Waals surface area contributed by atoms with Gasteiger partial charge in [-0.3, -0.25) is 9.78 Å². The standard InChI is InChI=1S/C12H8BrFN2O/c13-11-6-8(14)3-4-10(11)12(17)16-9-2-1-5-15-7-9/h1-7H,(H,16,17). The number of hydrogen-bond acceptors (Lipinski definition) is 2. The highest BCUT2D eigenvalue weighted by Crippen LogP contribution is 2.19. The van der Waals surface area contributed by atoms with E-state index in [-0.39, 0.29) is 5.91 Å². The molecule has 1 heterocycles. The Morgan fingerprint density at radius 2 is 2.18 bits per heavy atom. The van der Waals surface area contributed by atoms with Crippen LogP contribution in [0, 0.1) is 5.82 Å². The van der Waals surface area contributed by atoms with E-state index in [9.17, 15) is 9.18 Å². The number of aromatic nitrogens is 1. The van der Waals surface area contributed by atoms with Gasteiger partial charge in [-0.1, -0.05) is 0 Å². The molecule has 2 rings (SSSR count). The second kappa shape index (κ2) is 5.05. The molecule has 0 aliphatic carbocycles. The molecule has 1 aromatic carbocycles. The van der Waals surface area contributed by atoms with E-state index in [1.54, 1.807) is 18.3 Å². The highest BCUT2D eigenvalue weighted by Gasteiger charge is 2.10. The molecule has 3 nitrogen and oxygen atoms in total. The van der Waals surface area contributed by atoms with Crippen LogP contribution in [0.3, 0.4) is 0 Å². The number of nitrogens with one attached hydrogen (secondary N) is 1. The summed E-state index contributed by atoms with van der Waals surface area (Å²) in [4.78, 5) is 15.7. The van der Waals surface area contributed by atoms with Gasteiger partial charge in [0.05, 0.1) is 17.4 Å². The fraction of sp³-hybridized carbons (Fsp3) is 0. The molecule has 1 amide bonds. The third-order valence-electron chi connectivity index (χ3n) is 2.10. The highest BCUT2D eigenvalue weighted by molar-refractivity contribution is 9.10. The predicted octanol–water partition coefficient (Wildman–Crippen LogP) is 3.24. The maximum atomic E-state index is 12.9. The number of carbonyl (C=O) groups is 1. The molecule has 0 aliphatic heterocycles. The van der Waals surface area contributed by atoms with E-state index in [2.05, 4.69) is 26.2 Å². The van der Waals surface area contributed by atoms with Gasteiger partial charge in [-0.2, -0.15) is 0 Å². The van der Waals surface area contributed by atoms with Crippen molar-refractivity contribution in [3.05, 3.63) is 58.6 Å². The Morgan fingerprint density at radius 1 is 1.35 bits per heavy atom. The van der Waals surface area contributed by atoms with Crippen LogP contribution in [0.1, 0.15) is 10.4 Å². The minimum absolute atomic E-state index is 0.315. The van der Waals surface area contributed by atoms with E-state index >= 15 is 0 Å². The second-order valence-electron chi connectivity index (χ2n) is 3.32. The molecule has 0 unspecified atom stereocenters. The summed E-state index contributed by atoms with van der Waals surface area (Å²) in [6.07, 6.45) is 3.15. The van der Waals surface area contributed by atoms with Gasteiger partial charge in [0.2, 0.25) is 0 Å². The summed E-state index contributed by atoms with van der Waals surface area (Å²) in [7, 11) is 0. The number of nitrogens with zero attached hydrogens (tertiary/aromatic N) is 1. The first-order valence-electron chi connectivity index (χ1n) is 4.83. The largest absolute Gasteiger partial charge is 0.321 e. The predicted molar refractivity (Wildman–Crippen MR) is 66.3 cm³/mol. The number of hydrogen-bond donors (Lipinski definition) is 1. The molecule has 0 saturated carbocycles. The van der Waals surface area contributed by atoms with Crippen LogP contribution in [0.5, 0.6) is 0 Å². The van der Waals surface area contributed by atoms with E-state index in [1.165, 1.54) is 24.4 Å². The van der Waals surface area contributed by atoms with Gasteiger partial charge in [-0.05, 0) is 46.3 Å². The minimum Gasteiger partial charge on any atom is -0.321 e. The second-order valence-corrected chi connectivity index (χ2v) is 4.17. The number of rotatable bonds is 2. The summed E-state index contributed by atoms with van der Waals surface area (Å²) in [5.74, 6) is -0.709. The van der Waals surface area contributed by atoms with Crippen molar-refractivity contribution in [1.82, 2.24) is 4.98 Å². The Labute approximate surface area is 106 Å². The molecule has 0 fully saturated rings. The summed E-state index contributed by atoms with van der Waals surface area (Å²) < 4.78 is 13.3. The Hall–Kier alpha value is -1.75. The maximum Gasteiger partial charge on any atom is 0.256 e. The number of anilines is 1. The summed E-state index contributed by atoms with van der Waals surface area (Å²) in [6.45, 7) is 0.